The molecule has 3 heterocycles. The first-order valence-electron chi connectivity index (χ1n) is 7.40. The molecule has 0 spiro atoms. The summed E-state index contributed by atoms with van der Waals surface area (Å²) in [6.45, 7) is -0.0534. The molecule has 0 saturated carbocycles. The normalized spacial score (nSPS) is 18.2. The highest BCUT2D eigenvalue weighted by molar-refractivity contribution is 5.95. The first-order chi connectivity index (χ1) is 11.9. The van der Waals surface area contributed by atoms with E-state index in [4.69, 9.17) is 15.2 Å². The summed E-state index contributed by atoms with van der Waals surface area (Å²) in [5.41, 5.74) is 5.86. The topological polar surface area (TPSA) is 104 Å². The zero-order chi connectivity index (χ0) is 17.7. The van der Waals surface area contributed by atoms with Crippen LogP contribution in [0.4, 0.5) is 14.9 Å². The fourth-order valence-corrected chi connectivity index (χ4v) is 2.91. The summed E-state index contributed by atoms with van der Waals surface area (Å²) in [6, 6.07) is 5.30. The molecular weight excluding hydrogens is 333 g/mol. The summed E-state index contributed by atoms with van der Waals surface area (Å²) in [4.78, 5) is 35.6. The van der Waals surface area contributed by atoms with Crippen LogP contribution in [-0.4, -0.2) is 29.2 Å². The molecular formula is C16H12FN3O5. The van der Waals surface area contributed by atoms with Crippen molar-refractivity contribution in [3.8, 4) is 11.6 Å². The van der Waals surface area contributed by atoms with Gasteiger partial charge in [0.05, 0.1) is 17.9 Å². The van der Waals surface area contributed by atoms with E-state index in [2.05, 4.69) is 0 Å². The highest BCUT2D eigenvalue weighted by atomic mass is 19.1. The predicted octanol–water partition coefficient (Wildman–Crippen LogP) is 0.679. The van der Waals surface area contributed by atoms with Crippen LogP contribution in [0.1, 0.15) is 5.56 Å². The van der Waals surface area contributed by atoms with Crippen molar-refractivity contribution in [3.05, 3.63) is 52.1 Å². The Bertz CT molecular complexity index is 971. The molecule has 2 aromatic rings. The van der Waals surface area contributed by atoms with E-state index in [1.807, 2.05) is 0 Å². The van der Waals surface area contributed by atoms with E-state index >= 15 is 0 Å². The summed E-state index contributed by atoms with van der Waals surface area (Å²) < 4.78 is 26.5. The van der Waals surface area contributed by atoms with Gasteiger partial charge in [0.2, 0.25) is 5.88 Å². The Morgan fingerprint density at radius 1 is 1.28 bits per heavy atom. The fourth-order valence-electron chi connectivity index (χ4n) is 2.91. The number of benzene rings is 1. The van der Waals surface area contributed by atoms with Crippen LogP contribution >= 0.6 is 0 Å². The lowest BCUT2D eigenvalue weighted by molar-refractivity contribution is -0.124. The summed E-state index contributed by atoms with van der Waals surface area (Å²) in [5, 5.41) is 0. The predicted molar refractivity (Wildman–Crippen MR) is 83.1 cm³/mol. The first-order valence-corrected chi connectivity index (χ1v) is 7.40. The monoisotopic (exact) mass is 345 g/mol. The van der Waals surface area contributed by atoms with Gasteiger partial charge in [0.15, 0.2) is 11.5 Å². The lowest BCUT2D eigenvalue weighted by atomic mass is 10.1. The molecule has 2 aliphatic rings. The Hall–Kier alpha value is -3.36. The number of fused-ring (bicyclic) bond motifs is 3. The Morgan fingerprint density at radius 3 is 2.80 bits per heavy atom. The van der Waals surface area contributed by atoms with Gasteiger partial charge in [-0.3, -0.25) is 19.1 Å². The molecule has 2 aliphatic heterocycles. The van der Waals surface area contributed by atoms with Gasteiger partial charge >= 0.3 is 6.09 Å². The van der Waals surface area contributed by atoms with Gasteiger partial charge < -0.3 is 15.2 Å². The average Bonchev–Trinajstić information content (AvgIpc) is 2.96. The van der Waals surface area contributed by atoms with Gasteiger partial charge in [-0.25, -0.2) is 9.18 Å². The quantitative estimate of drug-likeness (QED) is 0.862. The largest absolute Gasteiger partial charge is 0.474 e. The molecule has 0 unspecified atom stereocenters. The smallest absolute Gasteiger partial charge is 0.415 e. The maximum absolute atomic E-state index is 14.7. The van der Waals surface area contributed by atoms with Crippen molar-refractivity contribution in [2.45, 2.75) is 12.7 Å². The number of carbonyl (C=O) groups excluding carboxylic acids is 2. The maximum Gasteiger partial charge on any atom is 0.415 e. The van der Waals surface area contributed by atoms with Gasteiger partial charge in [0.25, 0.3) is 5.91 Å². The number of aromatic nitrogens is 1. The third kappa shape index (κ3) is 2.40. The number of hydrogen-bond donors (Lipinski definition) is 1. The third-order valence-electron chi connectivity index (χ3n) is 4.08. The summed E-state index contributed by atoms with van der Waals surface area (Å²) >= 11 is 0. The minimum atomic E-state index is -1.08. The van der Waals surface area contributed by atoms with Crippen LogP contribution in [0.2, 0.25) is 0 Å². The number of hydrogen-bond acceptors (Lipinski definition) is 5. The number of primary amides is 1. The van der Waals surface area contributed by atoms with Crippen molar-refractivity contribution in [1.29, 1.82) is 0 Å². The second-order valence-electron chi connectivity index (χ2n) is 5.68. The van der Waals surface area contributed by atoms with Crippen LogP contribution < -0.4 is 20.8 Å². The number of carbonyl (C=O) groups is 2. The summed E-state index contributed by atoms with van der Waals surface area (Å²) in [6.07, 6.45) is -0.427. The van der Waals surface area contributed by atoms with Crippen LogP contribution in [-0.2, 0) is 16.1 Å². The zero-order valence-corrected chi connectivity index (χ0v) is 12.8. The number of anilines is 1. The molecule has 2 amide bonds. The second-order valence-corrected chi connectivity index (χ2v) is 5.68. The Labute approximate surface area is 140 Å². The van der Waals surface area contributed by atoms with E-state index in [9.17, 15) is 18.8 Å². The molecule has 0 radical (unpaired) electrons. The number of halogens is 1. The number of pyridine rings is 1. The van der Waals surface area contributed by atoms with Crippen LogP contribution in [0, 0.1) is 5.82 Å². The average molecular weight is 345 g/mol. The van der Waals surface area contributed by atoms with E-state index < -0.39 is 23.9 Å². The Kier molecular flexibility index (Phi) is 3.24. The zero-order valence-electron chi connectivity index (χ0n) is 12.8. The first kappa shape index (κ1) is 15.2. The number of nitrogens with two attached hydrogens (primary N) is 1. The molecule has 0 bridgehead atoms. The molecule has 1 saturated heterocycles. The van der Waals surface area contributed by atoms with E-state index in [0.29, 0.717) is 5.56 Å². The third-order valence-corrected chi connectivity index (χ3v) is 4.08. The standard InChI is InChI=1S/C16H12FN3O5/c17-11-4-9(20-6-12(15(18)22)25-16(20)23)3-8-7-24-13-5-10(21)1-2-19(13)14(8)11/h1-5,12H,6-7H2,(H2,18,22)/t12-/m1/s1. The molecule has 2 N–H and O–H groups in total. The molecule has 25 heavy (non-hydrogen) atoms. The Morgan fingerprint density at radius 2 is 2.08 bits per heavy atom. The van der Waals surface area contributed by atoms with Gasteiger partial charge in [-0.2, -0.15) is 0 Å². The van der Waals surface area contributed by atoms with Gasteiger partial charge in [-0.15, -0.1) is 0 Å². The van der Waals surface area contributed by atoms with Crippen molar-refractivity contribution in [2.24, 2.45) is 5.73 Å². The molecule has 1 aromatic carbocycles. The Balaban J connectivity index is 1.77. The van der Waals surface area contributed by atoms with E-state index in [0.717, 1.165) is 11.0 Å². The van der Waals surface area contributed by atoms with Crippen molar-refractivity contribution in [1.82, 2.24) is 4.57 Å². The van der Waals surface area contributed by atoms with E-state index in [1.54, 1.807) is 6.07 Å². The van der Waals surface area contributed by atoms with Crippen LogP contribution in [0.5, 0.6) is 5.88 Å². The van der Waals surface area contributed by atoms with Crippen molar-refractivity contribution < 1.29 is 23.5 Å². The molecule has 0 aliphatic carbocycles. The number of rotatable bonds is 2. The van der Waals surface area contributed by atoms with E-state index in [1.165, 1.54) is 22.9 Å². The SMILES string of the molecule is NC(=O)[C@H]1CN(c2cc(F)c3c(c2)COc2cc(=O)ccn2-3)C(=O)O1. The van der Waals surface area contributed by atoms with Crippen LogP contribution in [0.25, 0.3) is 5.69 Å². The fraction of sp³-hybridized carbons (Fsp3) is 0.188. The highest BCUT2D eigenvalue weighted by Gasteiger charge is 2.36. The van der Waals surface area contributed by atoms with Crippen LogP contribution in [0.3, 0.4) is 0 Å². The number of amides is 2. The lowest BCUT2D eigenvalue weighted by Crippen LogP contribution is -2.32. The lowest BCUT2D eigenvalue weighted by Gasteiger charge is -2.25. The van der Waals surface area contributed by atoms with Crippen molar-refractivity contribution in [3.63, 3.8) is 0 Å². The summed E-state index contributed by atoms with van der Waals surface area (Å²) in [7, 11) is 0. The molecule has 1 aromatic heterocycles. The van der Waals surface area contributed by atoms with Crippen molar-refractivity contribution >= 4 is 17.7 Å². The summed E-state index contributed by atoms with van der Waals surface area (Å²) in [5.74, 6) is -1.13. The number of cyclic esters (lactones) is 1. The van der Waals surface area contributed by atoms with Gasteiger partial charge in [0, 0.05) is 23.9 Å². The minimum Gasteiger partial charge on any atom is -0.474 e. The van der Waals surface area contributed by atoms with Gasteiger partial charge in [0.1, 0.15) is 12.4 Å². The highest BCUT2D eigenvalue weighted by Crippen LogP contribution is 2.33. The molecule has 1 fully saturated rings. The molecule has 8 nitrogen and oxygen atoms in total. The number of nitrogens with zero attached hydrogens (tertiary/aromatic N) is 2. The molecule has 1 atom stereocenters. The minimum absolute atomic E-state index is 0.0334. The van der Waals surface area contributed by atoms with Gasteiger partial charge in [-0.1, -0.05) is 0 Å². The van der Waals surface area contributed by atoms with Crippen LogP contribution in [0.15, 0.2) is 35.3 Å². The maximum atomic E-state index is 14.7. The molecule has 128 valence electrons. The van der Waals surface area contributed by atoms with E-state index in [-0.39, 0.29) is 35.8 Å². The number of ether oxygens (including phenoxy) is 2. The molecule has 4 rings (SSSR count). The second kappa shape index (κ2) is 5.33. The van der Waals surface area contributed by atoms with Crippen molar-refractivity contribution in [2.75, 3.05) is 11.4 Å². The molecule has 9 heteroatoms. The van der Waals surface area contributed by atoms with Gasteiger partial charge in [-0.05, 0) is 12.1 Å².